The normalized spacial score (nSPS) is 17.0. The number of carbonyl (C=O) groups is 4. The van der Waals surface area contributed by atoms with Crippen LogP contribution >= 0.6 is 11.8 Å². The van der Waals surface area contributed by atoms with Crippen molar-refractivity contribution >= 4 is 35.6 Å². The fourth-order valence-electron chi connectivity index (χ4n) is 3.97. The molecule has 14 heteroatoms. The van der Waals surface area contributed by atoms with E-state index in [1.54, 1.807) is 26.8 Å². The van der Waals surface area contributed by atoms with Gasteiger partial charge >= 0.3 is 17.9 Å². The molecule has 0 radical (unpaired) electrons. The summed E-state index contributed by atoms with van der Waals surface area (Å²) in [6.07, 6.45) is 0. The number of nitriles is 1. The second-order valence-electron chi connectivity index (χ2n) is 8.90. The van der Waals surface area contributed by atoms with Gasteiger partial charge in [-0.3, -0.25) is 38.8 Å². The Morgan fingerprint density at radius 1 is 0.711 bits per heavy atom. The lowest BCUT2D eigenvalue weighted by atomic mass is 10.2. The maximum absolute atomic E-state index is 12.7. The van der Waals surface area contributed by atoms with E-state index in [0.717, 1.165) is 22.2 Å². The largest absolute Gasteiger partial charge is 0.480 e. The third kappa shape index (κ3) is 12.8. The molecule has 38 heavy (non-hydrogen) atoms. The summed E-state index contributed by atoms with van der Waals surface area (Å²) < 4.78 is 0. The van der Waals surface area contributed by atoms with Crippen molar-refractivity contribution in [1.82, 2.24) is 24.9 Å². The minimum Gasteiger partial charge on any atom is -0.480 e. The first-order valence-electron chi connectivity index (χ1n) is 12.1. The second kappa shape index (κ2) is 16.6. The van der Waals surface area contributed by atoms with Gasteiger partial charge in [-0.25, -0.2) is 0 Å². The minimum atomic E-state index is -1.01. The Kier molecular flexibility index (Phi) is 13.5. The fourth-order valence-corrected chi connectivity index (χ4v) is 4.35. The molecule has 1 aliphatic rings. The van der Waals surface area contributed by atoms with E-state index in [1.807, 2.05) is 22.4 Å². The first kappa shape index (κ1) is 31.0. The molecule has 208 valence electrons. The van der Waals surface area contributed by atoms with Crippen LogP contribution in [0.1, 0.15) is 5.56 Å². The highest BCUT2D eigenvalue weighted by Gasteiger charge is 2.21. The molecule has 1 fully saturated rings. The standard InChI is InChI=1S/C24H34N6O7S/c25-18-38-20-3-1-19(2-4-20)13-26-21(31)14-27-5-7-28(15-22(32)33)9-11-30(17-24(36)37)12-10-29(8-6-27)16-23(34)35/h1-4H,5-17H2,(H,26,31)(H,32,33)(H,34,35)(H,36,37). The van der Waals surface area contributed by atoms with Gasteiger partial charge in [0.2, 0.25) is 5.91 Å². The molecule has 0 saturated carbocycles. The monoisotopic (exact) mass is 550 g/mol. The van der Waals surface area contributed by atoms with Gasteiger partial charge in [-0.15, -0.1) is 0 Å². The number of nitrogens with one attached hydrogen (secondary N) is 1. The molecule has 2 rings (SSSR count). The number of thiocyanates is 1. The number of amides is 1. The van der Waals surface area contributed by atoms with Crippen molar-refractivity contribution in [3.63, 3.8) is 0 Å². The van der Waals surface area contributed by atoms with Crippen LogP contribution in [0.15, 0.2) is 29.2 Å². The number of thioether (sulfide) groups is 1. The van der Waals surface area contributed by atoms with Crippen LogP contribution in [0, 0.1) is 10.7 Å². The Balaban J connectivity index is 2.05. The van der Waals surface area contributed by atoms with Crippen molar-refractivity contribution in [3.8, 4) is 5.40 Å². The van der Waals surface area contributed by atoms with Gasteiger partial charge in [-0.2, -0.15) is 5.26 Å². The summed E-state index contributed by atoms with van der Waals surface area (Å²) in [5.74, 6) is -3.24. The van der Waals surface area contributed by atoms with Gasteiger partial charge in [-0.05, 0) is 29.5 Å². The number of carboxylic acids is 3. The van der Waals surface area contributed by atoms with Crippen molar-refractivity contribution in [3.05, 3.63) is 29.8 Å². The van der Waals surface area contributed by atoms with E-state index in [2.05, 4.69) is 5.32 Å². The zero-order valence-electron chi connectivity index (χ0n) is 21.1. The number of carbonyl (C=O) groups excluding carboxylic acids is 1. The summed E-state index contributed by atoms with van der Waals surface area (Å²) in [5.41, 5.74) is 0.875. The molecule has 0 aliphatic carbocycles. The first-order valence-corrected chi connectivity index (χ1v) is 12.9. The molecule has 1 saturated heterocycles. The topological polar surface area (TPSA) is 178 Å². The number of hydrogen-bond acceptors (Lipinski definition) is 10. The molecule has 0 bridgehead atoms. The Bertz CT molecular complexity index is 955. The Morgan fingerprint density at radius 2 is 1.08 bits per heavy atom. The molecule has 1 heterocycles. The Labute approximate surface area is 225 Å². The van der Waals surface area contributed by atoms with Crippen LogP contribution in [0.4, 0.5) is 0 Å². The maximum atomic E-state index is 12.7. The number of hydrogen-bond donors (Lipinski definition) is 4. The van der Waals surface area contributed by atoms with Gasteiger partial charge in [0, 0.05) is 63.8 Å². The minimum absolute atomic E-state index is 0.0509. The van der Waals surface area contributed by atoms with Crippen LogP contribution in [0.5, 0.6) is 0 Å². The molecular weight excluding hydrogens is 516 g/mol. The molecule has 0 aromatic heterocycles. The Morgan fingerprint density at radius 3 is 1.42 bits per heavy atom. The quantitative estimate of drug-likeness (QED) is 0.202. The lowest BCUT2D eigenvalue weighted by molar-refractivity contribution is -0.140. The third-order valence-corrected chi connectivity index (χ3v) is 6.55. The number of aliphatic carboxylic acids is 3. The van der Waals surface area contributed by atoms with Crippen molar-refractivity contribution in [2.75, 3.05) is 78.5 Å². The highest BCUT2D eigenvalue weighted by Crippen LogP contribution is 2.16. The lowest BCUT2D eigenvalue weighted by Crippen LogP contribution is -2.49. The molecule has 1 aliphatic heterocycles. The summed E-state index contributed by atoms with van der Waals surface area (Å²) >= 11 is 1.05. The SMILES string of the molecule is N#CSc1ccc(CNC(=O)CN2CCN(CC(=O)O)CCN(CC(=O)O)CCN(CC(=O)O)CC2)cc1. The molecule has 0 spiro atoms. The summed E-state index contributed by atoms with van der Waals surface area (Å²) in [6.45, 7) is 2.40. The maximum Gasteiger partial charge on any atom is 0.317 e. The summed E-state index contributed by atoms with van der Waals surface area (Å²) in [5, 5.41) is 41.5. The molecule has 1 aromatic rings. The third-order valence-electron chi connectivity index (χ3n) is 5.95. The fraction of sp³-hybridized carbons (Fsp3) is 0.542. The van der Waals surface area contributed by atoms with Gasteiger partial charge < -0.3 is 20.6 Å². The average molecular weight is 551 g/mol. The van der Waals surface area contributed by atoms with Crippen LogP contribution in [-0.4, -0.2) is 137 Å². The predicted octanol–water partition coefficient (Wildman–Crippen LogP) is -0.649. The highest BCUT2D eigenvalue weighted by atomic mass is 32.2. The van der Waals surface area contributed by atoms with Crippen LogP contribution in [0.3, 0.4) is 0 Å². The van der Waals surface area contributed by atoms with Crippen molar-refractivity contribution in [2.24, 2.45) is 0 Å². The van der Waals surface area contributed by atoms with Crippen LogP contribution in [-0.2, 0) is 25.7 Å². The summed E-state index contributed by atoms with van der Waals surface area (Å²) in [7, 11) is 0. The van der Waals surface area contributed by atoms with E-state index in [-0.39, 0.29) is 32.1 Å². The summed E-state index contributed by atoms with van der Waals surface area (Å²) in [6, 6.07) is 7.27. The molecular formula is C24H34N6O7S. The zero-order valence-corrected chi connectivity index (χ0v) is 21.9. The van der Waals surface area contributed by atoms with Crippen LogP contribution in [0.2, 0.25) is 0 Å². The number of benzene rings is 1. The van der Waals surface area contributed by atoms with Crippen molar-refractivity contribution in [2.45, 2.75) is 11.4 Å². The van der Waals surface area contributed by atoms with Crippen LogP contribution < -0.4 is 5.32 Å². The predicted molar refractivity (Wildman–Crippen MR) is 138 cm³/mol. The molecule has 13 nitrogen and oxygen atoms in total. The van der Waals surface area contributed by atoms with Crippen molar-refractivity contribution in [1.29, 1.82) is 5.26 Å². The molecule has 1 aromatic carbocycles. The van der Waals surface area contributed by atoms with Gasteiger partial charge in [0.15, 0.2) is 0 Å². The smallest absolute Gasteiger partial charge is 0.317 e. The van der Waals surface area contributed by atoms with E-state index in [4.69, 9.17) is 5.26 Å². The lowest BCUT2D eigenvalue weighted by Gasteiger charge is -2.32. The number of nitrogens with zero attached hydrogens (tertiary/aromatic N) is 5. The van der Waals surface area contributed by atoms with Crippen molar-refractivity contribution < 1.29 is 34.5 Å². The van der Waals surface area contributed by atoms with E-state index < -0.39 is 17.9 Å². The second-order valence-corrected chi connectivity index (χ2v) is 9.76. The number of rotatable bonds is 11. The van der Waals surface area contributed by atoms with Crippen LogP contribution in [0.25, 0.3) is 0 Å². The van der Waals surface area contributed by atoms with E-state index >= 15 is 0 Å². The molecule has 0 atom stereocenters. The van der Waals surface area contributed by atoms with Gasteiger partial charge in [0.25, 0.3) is 0 Å². The van der Waals surface area contributed by atoms with E-state index in [1.165, 1.54) is 0 Å². The highest BCUT2D eigenvalue weighted by molar-refractivity contribution is 8.03. The molecule has 0 unspecified atom stereocenters. The van der Waals surface area contributed by atoms with Gasteiger partial charge in [-0.1, -0.05) is 12.1 Å². The average Bonchev–Trinajstić information content (AvgIpc) is 2.84. The molecule has 1 amide bonds. The van der Waals surface area contributed by atoms with Gasteiger partial charge in [0.05, 0.1) is 26.2 Å². The molecule has 4 N–H and O–H groups in total. The van der Waals surface area contributed by atoms with E-state index in [0.29, 0.717) is 58.9 Å². The number of carboxylic acid groups (broad SMARTS) is 3. The first-order chi connectivity index (χ1) is 18.1. The zero-order chi connectivity index (χ0) is 27.9. The van der Waals surface area contributed by atoms with Gasteiger partial charge in [0.1, 0.15) is 5.40 Å². The summed E-state index contributed by atoms with van der Waals surface area (Å²) in [4.78, 5) is 54.5. The Hall–Kier alpha value is -3.22. The van der Waals surface area contributed by atoms with E-state index in [9.17, 15) is 34.5 Å².